The van der Waals surface area contributed by atoms with Crippen LogP contribution in [0.15, 0.2) is 77.7 Å². The summed E-state index contributed by atoms with van der Waals surface area (Å²) in [6, 6.07) is 19.6. The second-order valence-electron chi connectivity index (χ2n) is 6.35. The number of anilines is 1. The van der Waals surface area contributed by atoms with E-state index in [4.69, 9.17) is 23.2 Å². The molecule has 148 valence electrons. The summed E-state index contributed by atoms with van der Waals surface area (Å²) in [5.74, 6) is -0.491. The van der Waals surface area contributed by atoms with E-state index < -0.39 is 22.1 Å². The van der Waals surface area contributed by atoms with E-state index in [0.717, 1.165) is 5.01 Å². The first-order valence-electron chi connectivity index (χ1n) is 8.58. The Kier molecular flexibility index (Phi) is 5.23. The maximum Gasteiger partial charge on any atom is 0.273 e. The van der Waals surface area contributed by atoms with Gasteiger partial charge in [0.25, 0.3) is 15.9 Å². The van der Waals surface area contributed by atoms with Crippen LogP contribution in [0.25, 0.3) is 0 Å². The van der Waals surface area contributed by atoms with Crippen molar-refractivity contribution in [1.29, 1.82) is 0 Å². The average molecular weight is 448 g/mol. The van der Waals surface area contributed by atoms with Gasteiger partial charge < -0.3 is 5.32 Å². The van der Waals surface area contributed by atoms with E-state index >= 15 is 0 Å². The van der Waals surface area contributed by atoms with Gasteiger partial charge in [-0.15, -0.1) is 4.83 Å². The maximum atomic E-state index is 13.2. The predicted molar refractivity (Wildman–Crippen MR) is 112 cm³/mol. The van der Waals surface area contributed by atoms with Crippen LogP contribution in [0.1, 0.15) is 22.1 Å². The number of fused-ring (bicyclic) bond motifs is 1. The number of hydrazine groups is 1. The number of rotatable bonds is 4. The SMILES string of the molecule is O=C1c2ccccc2NC(c2ccc(Cl)c(Cl)c2)N1NS(=O)(=O)c1ccccc1. The van der Waals surface area contributed by atoms with E-state index in [-0.39, 0.29) is 4.90 Å². The highest BCUT2D eigenvalue weighted by atomic mass is 35.5. The molecule has 0 spiro atoms. The van der Waals surface area contributed by atoms with Crippen LogP contribution < -0.4 is 10.1 Å². The molecule has 1 aliphatic rings. The Labute approximate surface area is 178 Å². The van der Waals surface area contributed by atoms with Crippen LogP contribution in [0.2, 0.25) is 10.0 Å². The Morgan fingerprint density at radius 3 is 2.31 bits per heavy atom. The predicted octanol–water partition coefficient (Wildman–Crippen LogP) is 4.45. The largest absolute Gasteiger partial charge is 0.360 e. The van der Waals surface area contributed by atoms with Crippen molar-refractivity contribution in [3.8, 4) is 0 Å². The second-order valence-corrected chi connectivity index (χ2v) is 8.82. The zero-order valence-electron chi connectivity index (χ0n) is 14.8. The summed E-state index contributed by atoms with van der Waals surface area (Å²) in [5, 5.41) is 4.89. The summed E-state index contributed by atoms with van der Waals surface area (Å²) in [7, 11) is -4.00. The Bertz CT molecular complexity index is 1190. The molecule has 0 fully saturated rings. The van der Waals surface area contributed by atoms with Crippen molar-refractivity contribution in [2.75, 3.05) is 5.32 Å². The molecule has 1 heterocycles. The van der Waals surface area contributed by atoms with Gasteiger partial charge in [-0.05, 0) is 42.0 Å². The summed E-state index contributed by atoms with van der Waals surface area (Å²) in [6.45, 7) is 0. The third-order valence-electron chi connectivity index (χ3n) is 4.46. The lowest BCUT2D eigenvalue weighted by Crippen LogP contribution is -2.52. The number of halogens is 2. The standard InChI is InChI=1S/C20H15Cl2N3O3S/c21-16-11-10-13(12-17(16)22)19-23-18-9-5-4-8-15(18)20(26)25(19)24-29(27,28)14-6-2-1-3-7-14/h1-12,19,23-24H. The zero-order chi connectivity index (χ0) is 20.6. The van der Waals surface area contributed by atoms with Crippen LogP contribution in [-0.4, -0.2) is 19.3 Å². The molecule has 3 aromatic carbocycles. The summed E-state index contributed by atoms with van der Waals surface area (Å²) in [4.78, 5) is 15.6. The van der Waals surface area contributed by atoms with E-state index in [9.17, 15) is 13.2 Å². The topological polar surface area (TPSA) is 78.5 Å². The van der Waals surface area contributed by atoms with Crippen molar-refractivity contribution in [1.82, 2.24) is 9.84 Å². The number of hydrogen-bond donors (Lipinski definition) is 2. The van der Waals surface area contributed by atoms with Crippen molar-refractivity contribution >= 4 is 44.8 Å². The molecule has 0 bridgehead atoms. The van der Waals surface area contributed by atoms with Gasteiger partial charge in [0.15, 0.2) is 0 Å². The molecule has 6 nitrogen and oxygen atoms in total. The van der Waals surface area contributed by atoms with E-state index in [1.807, 2.05) is 0 Å². The molecule has 1 unspecified atom stereocenters. The summed E-state index contributed by atoms with van der Waals surface area (Å²) in [6.07, 6.45) is -0.828. The number of benzene rings is 3. The fourth-order valence-corrected chi connectivity index (χ4v) is 4.42. The van der Waals surface area contributed by atoms with Crippen LogP contribution >= 0.6 is 23.2 Å². The summed E-state index contributed by atoms with van der Waals surface area (Å²) < 4.78 is 25.8. The highest BCUT2D eigenvalue weighted by Gasteiger charge is 2.36. The maximum absolute atomic E-state index is 13.2. The van der Waals surface area contributed by atoms with Gasteiger partial charge in [-0.3, -0.25) is 4.79 Å². The van der Waals surface area contributed by atoms with Crippen LogP contribution in [0.5, 0.6) is 0 Å². The number of amides is 1. The van der Waals surface area contributed by atoms with Crippen molar-refractivity contribution in [3.63, 3.8) is 0 Å². The second kappa shape index (κ2) is 7.68. The number of nitrogens with zero attached hydrogens (tertiary/aromatic N) is 1. The quantitative estimate of drug-likeness (QED) is 0.618. The number of hydrogen-bond acceptors (Lipinski definition) is 4. The summed E-state index contributed by atoms with van der Waals surface area (Å²) in [5.41, 5.74) is 1.50. The van der Waals surface area contributed by atoms with E-state index in [1.54, 1.807) is 60.7 Å². The zero-order valence-corrected chi connectivity index (χ0v) is 17.2. The highest BCUT2D eigenvalue weighted by molar-refractivity contribution is 7.89. The van der Waals surface area contributed by atoms with Gasteiger partial charge in [-0.2, -0.15) is 0 Å². The van der Waals surface area contributed by atoms with Gasteiger partial charge >= 0.3 is 0 Å². The molecular weight excluding hydrogens is 433 g/mol. The molecule has 4 rings (SSSR count). The van der Waals surface area contributed by atoms with Crippen LogP contribution in [0.4, 0.5) is 5.69 Å². The molecule has 9 heteroatoms. The van der Waals surface area contributed by atoms with Gasteiger partial charge in [0.2, 0.25) is 0 Å². The molecule has 0 saturated heterocycles. The molecule has 1 atom stereocenters. The number of sulfonamides is 1. The number of carbonyl (C=O) groups excluding carboxylic acids is 1. The van der Waals surface area contributed by atoms with Crippen molar-refractivity contribution in [3.05, 3.63) is 94.0 Å². The first-order valence-corrected chi connectivity index (χ1v) is 10.8. The lowest BCUT2D eigenvalue weighted by Gasteiger charge is -2.37. The van der Waals surface area contributed by atoms with E-state index in [2.05, 4.69) is 10.1 Å². The van der Waals surface area contributed by atoms with E-state index in [1.165, 1.54) is 12.1 Å². The first kappa shape index (κ1) is 19.7. The Morgan fingerprint density at radius 1 is 0.897 bits per heavy atom. The molecule has 3 aromatic rings. The monoisotopic (exact) mass is 447 g/mol. The average Bonchev–Trinajstić information content (AvgIpc) is 2.73. The minimum atomic E-state index is -4.00. The Balaban J connectivity index is 1.79. The van der Waals surface area contributed by atoms with Gasteiger partial charge in [-0.1, -0.05) is 59.6 Å². The Morgan fingerprint density at radius 2 is 1.59 bits per heavy atom. The summed E-state index contributed by atoms with van der Waals surface area (Å²) >= 11 is 12.2. The lowest BCUT2D eigenvalue weighted by atomic mass is 10.1. The van der Waals surface area contributed by atoms with Crippen molar-refractivity contribution < 1.29 is 13.2 Å². The molecule has 2 N–H and O–H groups in total. The minimum Gasteiger partial charge on any atom is -0.360 e. The number of carbonyl (C=O) groups is 1. The fraction of sp³-hybridized carbons (Fsp3) is 0.0500. The fourth-order valence-electron chi connectivity index (χ4n) is 3.05. The molecule has 1 amide bonds. The Hall–Kier alpha value is -2.58. The van der Waals surface area contributed by atoms with E-state index in [0.29, 0.717) is 26.9 Å². The number of para-hydroxylation sites is 1. The minimum absolute atomic E-state index is 0.0412. The van der Waals surface area contributed by atoms with Crippen LogP contribution in [0, 0.1) is 0 Å². The van der Waals surface area contributed by atoms with Crippen molar-refractivity contribution in [2.24, 2.45) is 0 Å². The normalized spacial score (nSPS) is 16.3. The third kappa shape index (κ3) is 3.82. The molecular formula is C20H15Cl2N3O3S. The first-order chi connectivity index (χ1) is 13.9. The molecule has 0 aliphatic carbocycles. The van der Waals surface area contributed by atoms with Gasteiger partial charge in [0, 0.05) is 5.69 Å². The molecule has 0 radical (unpaired) electrons. The number of nitrogens with one attached hydrogen (secondary N) is 2. The molecule has 0 saturated carbocycles. The highest BCUT2D eigenvalue weighted by Crippen LogP contribution is 2.34. The van der Waals surface area contributed by atoms with Crippen molar-refractivity contribution in [2.45, 2.75) is 11.1 Å². The third-order valence-corrected chi connectivity index (χ3v) is 6.53. The van der Waals surface area contributed by atoms with Gasteiger partial charge in [0.05, 0.1) is 20.5 Å². The van der Waals surface area contributed by atoms with Gasteiger partial charge in [-0.25, -0.2) is 13.4 Å². The van der Waals surface area contributed by atoms with Crippen LogP contribution in [-0.2, 0) is 10.0 Å². The molecule has 1 aliphatic heterocycles. The van der Waals surface area contributed by atoms with Gasteiger partial charge in [0.1, 0.15) is 6.17 Å². The molecule has 29 heavy (non-hydrogen) atoms. The smallest absolute Gasteiger partial charge is 0.273 e. The lowest BCUT2D eigenvalue weighted by molar-refractivity contribution is 0.0633. The van der Waals surface area contributed by atoms with Crippen LogP contribution in [0.3, 0.4) is 0 Å². The molecule has 0 aromatic heterocycles.